The lowest BCUT2D eigenvalue weighted by atomic mass is 10.2. The summed E-state index contributed by atoms with van der Waals surface area (Å²) in [5, 5.41) is 2.15. The molecule has 1 aromatic carbocycles. The van der Waals surface area contributed by atoms with Crippen LogP contribution in [0.3, 0.4) is 0 Å². The third-order valence-corrected chi connectivity index (χ3v) is 3.52. The summed E-state index contributed by atoms with van der Waals surface area (Å²) in [7, 11) is 0. The third kappa shape index (κ3) is 1.42. The molecule has 3 nitrogen and oxygen atoms in total. The van der Waals surface area contributed by atoms with Crippen molar-refractivity contribution in [2.75, 3.05) is 0 Å². The predicted molar refractivity (Wildman–Crippen MR) is 67.9 cm³/mol. The van der Waals surface area contributed by atoms with E-state index in [0.717, 1.165) is 16.9 Å². The van der Waals surface area contributed by atoms with Crippen molar-refractivity contribution in [3.8, 4) is 0 Å². The fourth-order valence-electron chi connectivity index (χ4n) is 2.00. The first-order chi connectivity index (χ1) is 7.75. The zero-order chi connectivity index (χ0) is 11.1. The molecule has 1 unspecified atom stereocenters. The normalized spacial score (nSPS) is 13.6. The Bertz CT molecular complexity index is 636. The molecule has 0 saturated carbocycles. The minimum atomic E-state index is 0.180. The van der Waals surface area contributed by atoms with Crippen molar-refractivity contribution >= 4 is 27.3 Å². The second-order valence-electron chi connectivity index (χ2n) is 4.13. The van der Waals surface area contributed by atoms with Crippen LogP contribution in [0.15, 0.2) is 29.6 Å². The Morgan fingerprint density at radius 1 is 1.44 bits per heavy atom. The molecule has 0 amide bonds. The van der Waals surface area contributed by atoms with Gasteiger partial charge in [-0.1, -0.05) is 12.1 Å². The SMILES string of the molecule is CC(N)Cc1csc2nc3ccccc3n12. The van der Waals surface area contributed by atoms with Gasteiger partial charge in [-0.15, -0.1) is 11.3 Å². The summed E-state index contributed by atoms with van der Waals surface area (Å²) in [4.78, 5) is 5.64. The van der Waals surface area contributed by atoms with E-state index in [1.165, 1.54) is 11.2 Å². The molecule has 16 heavy (non-hydrogen) atoms. The number of hydrogen-bond acceptors (Lipinski definition) is 3. The van der Waals surface area contributed by atoms with Gasteiger partial charge in [-0.2, -0.15) is 0 Å². The van der Waals surface area contributed by atoms with Crippen molar-refractivity contribution in [2.24, 2.45) is 5.73 Å². The maximum Gasteiger partial charge on any atom is 0.194 e. The number of benzene rings is 1. The zero-order valence-corrected chi connectivity index (χ0v) is 9.87. The molecule has 0 radical (unpaired) electrons. The first-order valence-corrected chi connectivity index (χ1v) is 6.23. The van der Waals surface area contributed by atoms with E-state index in [1.54, 1.807) is 11.3 Å². The summed E-state index contributed by atoms with van der Waals surface area (Å²) in [6, 6.07) is 8.39. The van der Waals surface area contributed by atoms with Gasteiger partial charge in [0.1, 0.15) is 0 Å². The number of imidazole rings is 1. The van der Waals surface area contributed by atoms with Crippen LogP contribution in [0.2, 0.25) is 0 Å². The van der Waals surface area contributed by atoms with Crippen LogP contribution in [0, 0.1) is 0 Å². The fourth-order valence-corrected chi connectivity index (χ4v) is 2.92. The Balaban J connectivity index is 2.30. The molecule has 0 aliphatic rings. The van der Waals surface area contributed by atoms with Gasteiger partial charge in [-0.05, 0) is 19.1 Å². The van der Waals surface area contributed by atoms with Crippen LogP contribution in [0.4, 0.5) is 0 Å². The maximum atomic E-state index is 5.86. The zero-order valence-electron chi connectivity index (χ0n) is 9.05. The summed E-state index contributed by atoms with van der Waals surface area (Å²) in [6.45, 7) is 2.03. The largest absolute Gasteiger partial charge is 0.328 e. The van der Waals surface area contributed by atoms with E-state index in [0.29, 0.717) is 0 Å². The lowest BCUT2D eigenvalue weighted by Crippen LogP contribution is -2.18. The van der Waals surface area contributed by atoms with Crippen molar-refractivity contribution in [3.05, 3.63) is 35.3 Å². The second kappa shape index (κ2) is 3.57. The van der Waals surface area contributed by atoms with Crippen LogP contribution < -0.4 is 5.73 Å². The summed E-state index contributed by atoms with van der Waals surface area (Å²) in [6.07, 6.45) is 0.889. The van der Waals surface area contributed by atoms with E-state index < -0.39 is 0 Å². The lowest BCUT2D eigenvalue weighted by molar-refractivity contribution is 0.721. The first-order valence-electron chi connectivity index (χ1n) is 5.35. The van der Waals surface area contributed by atoms with Crippen molar-refractivity contribution in [3.63, 3.8) is 0 Å². The Morgan fingerprint density at radius 2 is 2.25 bits per heavy atom. The van der Waals surface area contributed by atoms with E-state index >= 15 is 0 Å². The first kappa shape index (κ1) is 9.81. The molecular weight excluding hydrogens is 218 g/mol. The Labute approximate surface area is 97.5 Å². The highest BCUT2D eigenvalue weighted by Crippen LogP contribution is 2.23. The summed E-state index contributed by atoms with van der Waals surface area (Å²) in [5.74, 6) is 0. The van der Waals surface area contributed by atoms with Crippen LogP contribution in [-0.2, 0) is 6.42 Å². The second-order valence-corrected chi connectivity index (χ2v) is 4.96. The van der Waals surface area contributed by atoms with Crippen LogP contribution in [-0.4, -0.2) is 15.4 Å². The van der Waals surface area contributed by atoms with Gasteiger partial charge in [0, 0.05) is 23.5 Å². The highest BCUT2D eigenvalue weighted by molar-refractivity contribution is 7.15. The molecule has 0 spiro atoms. The van der Waals surface area contributed by atoms with E-state index in [9.17, 15) is 0 Å². The smallest absolute Gasteiger partial charge is 0.194 e. The molecule has 4 heteroatoms. The van der Waals surface area contributed by atoms with Crippen molar-refractivity contribution in [1.29, 1.82) is 0 Å². The van der Waals surface area contributed by atoms with Crippen molar-refractivity contribution < 1.29 is 0 Å². The molecule has 2 N–H and O–H groups in total. The van der Waals surface area contributed by atoms with E-state index in [1.807, 2.05) is 25.1 Å². The number of rotatable bonds is 2. The van der Waals surface area contributed by atoms with Gasteiger partial charge >= 0.3 is 0 Å². The van der Waals surface area contributed by atoms with Gasteiger partial charge < -0.3 is 5.73 Å². The number of hydrogen-bond donors (Lipinski definition) is 1. The number of aromatic nitrogens is 2. The van der Waals surface area contributed by atoms with Crippen LogP contribution in [0.5, 0.6) is 0 Å². The average molecular weight is 231 g/mol. The van der Waals surface area contributed by atoms with Crippen LogP contribution >= 0.6 is 11.3 Å². The maximum absolute atomic E-state index is 5.86. The van der Waals surface area contributed by atoms with Gasteiger partial charge in [-0.3, -0.25) is 4.40 Å². The Kier molecular flexibility index (Phi) is 2.19. The Morgan fingerprint density at radius 3 is 3.06 bits per heavy atom. The summed E-state index contributed by atoms with van der Waals surface area (Å²) >= 11 is 1.68. The highest BCUT2D eigenvalue weighted by Gasteiger charge is 2.10. The third-order valence-electron chi connectivity index (χ3n) is 2.65. The van der Waals surface area contributed by atoms with E-state index in [2.05, 4.69) is 20.8 Å². The standard InChI is InChI=1S/C12H13N3S/c1-8(13)6-9-7-16-12-14-10-4-2-3-5-11(10)15(9)12/h2-5,7-8H,6,13H2,1H3. The summed E-state index contributed by atoms with van der Waals surface area (Å²) in [5.41, 5.74) is 9.34. The van der Waals surface area contributed by atoms with Gasteiger partial charge in [-0.25, -0.2) is 4.98 Å². The number of fused-ring (bicyclic) bond motifs is 3. The Hall–Kier alpha value is -1.39. The van der Waals surface area contributed by atoms with Crippen molar-refractivity contribution in [1.82, 2.24) is 9.38 Å². The minimum absolute atomic E-state index is 0.180. The molecule has 0 aliphatic heterocycles. The van der Waals surface area contributed by atoms with E-state index in [-0.39, 0.29) is 6.04 Å². The highest BCUT2D eigenvalue weighted by atomic mass is 32.1. The quantitative estimate of drug-likeness (QED) is 0.736. The number of para-hydroxylation sites is 2. The predicted octanol–water partition coefficient (Wildman–Crippen LogP) is 2.44. The topological polar surface area (TPSA) is 43.3 Å². The molecule has 3 rings (SSSR count). The lowest BCUT2D eigenvalue weighted by Gasteiger charge is -2.03. The van der Waals surface area contributed by atoms with Crippen molar-refractivity contribution in [2.45, 2.75) is 19.4 Å². The molecule has 1 atom stereocenters. The van der Waals surface area contributed by atoms with Gasteiger partial charge in [0.05, 0.1) is 11.0 Å². The summed E-state index contributed by atoms with van der Waals surface area (Å²) < 4.78 is 2.21. The monoisotopic (exact) mass is 231 g/mol. The molecule has 0 aliphatic carbocycles. The van der Waals surface area contributed by atoms with Crippen LogP contribution in [0.1, 0.15) is 12.6 Å². The number of nitrogens with two attached hydrogens (primary N) is 1. The molecule has 3 aromatic rings. The molecule has 82 valence electrons. The van der Waals surface area contributed by atoms with Gasteiger partial charge in [0.25, 0.3) is 0 Å². The molecule has 2 aromatic heterocycles. The van der Waals surface area contributed by atoms with Gasteiger partial charge in [0.15, 0.2) is 4.96 Å². The molecule has 0 fully saturated rings. The fraction of sp³-hybridized carbons (Fsp3) is 0.250. The van der Waals surface area contributed by atoms with Crippen LogP contribution in [0.25, 0.3) is 16.0 Å². The average Bonchev–Trinajstić information content (AvgIpc) is 2.77. The molecule has 0 bridgehead atoms. The number of thiazole rings is 1. The van der Waals surface area contributed by atoms with Gasteiger partial charge in [0.2, 0.25) is 0 Å². The molecular formula is C12H13N3S. The molecule has 2 heterocycles. The number of nitrogens with zero attached hydrogens (tertiary/aromatic N) is 2. The molecule has 0 saturated heterocycles. The minimum Gasteiger partial charge on any atom is -0.328 e. The van der Waals surface area contributed by atoms with E-state index in [4.69, 9.17) is 5.73 Å².